The van der Waals surface area contributed by atoms with E-state index >= 15 is 0 Å². The van der Waals surface area contributed by atoms with Crippen LogP contribution in [-0.2, 0) is 9.53 Å². The topological polar surface area (TPSA) is 41.6 Å². The highest BCUT2D eigenvalue weighted by atomic mass is 16.5. The summed E-state index contributed by atoms with van der Waals surface area (Å²) in [5.41, 5.74) is 1.16. The Labute approximate surface area is 120 Å². The van der Waals surface area contributed by atoms with E-state index in [1.165, 1.54) is 0 Å². The summed E-state index contributed by atoms with van der Waals surface area (Å²) in [4.78, 5) is 14.3. The molecule has 1 aromatic rings. The molecule has 4 nitrogen and oxygen atoms in total. The molecule has 0 radical (unpaired) electrons. The van der Waals surface area contributed by atoms with Gasteiger partial charge in [-0.1, -0.05) is 30.3 Å². The van der Waals surface area contributed by atoms with Crippen LogP contribution >= 0.6 is 0 Å². The number of morpholine rings is 1. The summed E-state index contributed by atoms with van der Waals surface area (Å²) in [5.74, 6) is 0.795. The minimum atomic E-state index is 0.0237. The number of nitrogens with zero attached hydrogens (tertiary/aromatic N) is 1. The first-order valence-corrected chi connectivity index (χ1v) is 7.48. The number of hydrogen-bond acceptors (Lipinski definition) is 3. The fourth-order valence-corrected chi connectivity index (χ4v) is 3.01. The van der Waals surface area contributed by atoms with Gasteiger partial charge in [-0.2, -0.15) is 0 Å². The molecule has 1 aromatic carbocycles. The predicted molar refractivity (Wildman–Crippen MR) is 77.3 cm³/mol. The van der Waals surface area contributed by atoms with Crippen molar-refractivity contribution in [1.82, 2.24) is 10.2 Å². The van der Waals surface area contributed by atoms with Crippen LogP contribution in [0.25, 0.3) is 0 Å². The van der Waals surface area contributed by atoms with Crippen molar-refractivity contribution in [3.05, 3.63) is 35.9 Å². The smallest absolute Gasteiger partial charge is 0.223 e. The molecule has 2 atom stereocenters. The van der Waals surface area contributed by atoms with E-state index in [-0.39, 0.29) is 12.0 Å². The van der Waals surface area contributed by atoms with Crippen molar-refractivity contribution >= 4 is 5.91 Å². The highest BCUT2D eigenvalue weighted by molar-refractivity contribution is 5.76. The second kappa shape index (κ2) is 6.37. The molecule has 4 heteroatoms. The summed E-state index contributed by atoms with van der Waals surface area (Å²) in [5, 5.41) is 3.32. The lowest BCUT2D eigenvalue weighted by molar-refractivity contribution is -0.139. The van der Waals surface area contributed by atoms with Crippen LogP contribution in [0.4, 0.5) is 0 Å². The fraction of sp³-hybridized carbons (Fsp3) is 0.562. The SMILES string of the molecule is O=C(CC1CCNC1)N1CCOC(c2ccccc2)C1. The summed E-state index contributed by atoms with van der Waals surface area (Å²) in [7, 11) is 0. The van der Waals surface area contributed by atoms with Crippen molar-refractivity contribution in [1.29, 1.82) is 0 Å². The lowest BCUT2D eigenvalue weighted by atomic mass is 10.0. The maximum Gasteiger partial charge on any atom is 0.223 e. The Morgan fingerprint density at radius 2 is 2.20 bits per heavy atom. The van der Waals surface area contributed by atoms with E-state index in [1.807, 2.05) is 23.1 Å². The predicted octanol–water partition coefficient (Wildman–Crippen LogP) is 1.59. The van der Waals surface area contributed by atoms with Crippen LogP contribution in [0.2, 0.25) is 0 Å². The average molecular weight is 274 g/mol. The van der Waals surface area contributed by atoms with Gasteiger partial charge < -0.3 is 15.0 Å². The van der Waals surface area contributed by atoms with Gasteiger partial charge in [-0.15, -0.1) is 0 Å². The normalized spacial score (nSPS) is 26.7. The van der Waals surface area contributed by atoms with Crippen LogP contribution in [-0.4, -0.2) is 43.6 Å². The van der Waals surface area contributed by atoms with Gasteiger partial charge >= 0.3 is 0 Å². The molecule has 2 heterocycles. The third-order valence-corrected chi connectivity index (χ3v) is 4.22. The Kier molecular flexibility index (Phi) is 4.33. The molecule has 0 spiro atoms. The van der Waals surface area contributed by atoms with Gasteiger partial charge in [0.25, 0.3) is 0 Å². The zero-order valence-electron chi connectivity index (χ0n) is 11.8. The first-order chi connectivity index (χ1) is 9.83. The zero-order valence-corrected chi connectivity index (χ0v) is 11.8. The first kappa shape index (κ1) is 13.6. The van der Waals surface area contributed by atoms with Crippen molar-refractivity contribution < 1.29 is 9.53 Å². The quantitative estimate of drug-likeness (QED) is 0.910. The number of benzene rings is 1. The largest absolute Gasteiger partial charge is 0.370 e. The van der Waals surface area contributed by atoms with Crippen molar-refractivity contribution in [2.24, 2.45) is 5.92 Å². The molecular formula is C16H22N2O2. The lowest BCUT2D eigenvalue weighted by Crippen LogP contribution is -2.42. The van der Waals surface area contributed by atoms with Gasteiger partial charge in [0.1, 0.15) is 6.10 Å². The third kappa shape index (κ3) is 3.19. The molecule has 108 valence electrons. The van der Waals surface area contributed by atoms with Crippen LogP contribution in [0.3, 0.4) is 0 Å². The highest BCUT2D eigenvalue weighted by Gasteiger charge is 2.27. The molecule has 0 saturated carbocycles. The zero-order chi connectivity index (χ0) is 13.8. The molecule has 20 heavy (non-hydrogen) atoms. The number of carbonyl (C=O) groups excluding carboxylic acids is 1. The molecule has 0 aromatic heterocycles. The maximum atomic E-state index is 12.4. The maximum absolute atomic E-state index is 12.4. The van der Waals surface area contributed by atoms with Crippen molar-refractivity contribution in [3.63, 3.8) is 0 Å². The van der Waals surface area contributed by atoms with Gasteiger partial charge in [0.05, 0.1) is 13.2 Å². The van der Waals surface area contributed by atoms with E-state index in [0.717, 1.165) is 31.6 Å². The molecule has 1 N–H and O–H groups in total. The first-order valence-electron chi connectivity index (χ1n) is 7.48. The summed E-state index contributed by atoms with van der Waals surface area (Å²) in [6.07, 6.45) is 1.82. The molecular weight excluding hydrogens is 252 g/mol. The molecule has 1 amide bonds. The molecule has 2 fully saturated rings. The van der Waals surface area contributed by atoms with Crippen LogP contribution in [0, 0.1) is 5.92 Å². The molecule has 2 unspecified atom stereocenters. The molecule has 2 aliphatic heterocycles. The van der Waals surface area contributed by atoms with Gasteiger partial charge in [-0.3, -0.25) is 4.79 Å². The molecule has 2 saturated heterocycles. The number of nitrogens with one attached hydrogen (secondary N) is 1. The van der Waals surface area contributed by atoms with E-state index in [0.29, 0.717) is 25.5 Å². The number of carbonyl (C=O) groups is 1. The van der Waals surface area contributed by atoms with Gasteiger partial charge in [-0.05, 0) is 31.0 Å². The summed E-state index contributed by atoms with van der Waals surface area (Å²) in [6, 6.07) is 10.2. The van der Waals surface area contributed by atoms with Crippen molar-refractivity contribution in [3.8, 4) is 0 Å². The van der Waals surface area contributed by atoms with Crippen LogP contribution < -0.4 is 5.32 Å². The van der Waals surface area contributed by atoms with Crippen molar-refractivity contribution in [2.75, 3.05) is 32.8 Å². The average Bonchev–Trinajstić information content (AvgIpc) is 3.01. The summed E-state index contributed by atoms with van der Waals surface area (Å²) >= 11 is 0. The lowest BCUT2D eigenvalue weighted by Gasteiger charge is -2.33. The van der Waals surface area contributed by atoms with E-state index < -0.39 is 0 Å². The Hall–Kier alpha value is -1.39. The van der Waals surface area contributed by atoms with Crippen molar-refractivity contribution in [2.45, 2.75) is 18.9 Å². The monoisotopic (exact) mass is 274 g/mol. The molecule has 0 bridgehead atoms. The Balaban J connectivity index is 1.58. The highest BCUT2D eigenvalue weighted by Crippen LogP contribution is 2.23. The fourth-order valence-electron chi connectivity index (χ4n) is 3.01. The van der Waals surface area contributed by atoms with Gasteiger partial charge in [-0.25, -0.2) is 0 Å². The van der Waals surface area contributed by atoms with Crippen LogP contribution in [0.15, 0.2) is 30.3 Å². The number of ether oxygens (including phenoxy) is 1. The Bertz CT molecular complexity index is 443. The summed E-state index contributed by atoms with van der Waals surface area (Å²) in [6.45, 7) is 4.07. The van der Waals surface area contributed by atoms with Gasteiger partial charge in [0, 0.05) is 13.0 Å². The molecule has 0 aliphatic carbocycles. The second-order valence-electron chi connectivity index (χ2n) is 5.67. The Morgan fingerprint density at radius 1 is 1.35 bits per heavy atom. The third-order valence-electron chi connectivity index (χ3n) is 4.22. The molecule has 3 rings (SSSR count). The van der Waals surface area contributed by atoms with E-state index in [4.69, 9.17) is 4.74 Å². The minimum absolute atomic E-state index is 0.0237. The summed E-state index contributed by atoms with van der Waals surface area (Å²) < 4.78 is 5.81. The standard InChI is InChI=1S/C16H22N2O2/c19-16(10-13-6-7-17-11-13)18-8-9-20-15(12-18)14-4-2-1-3-5-14/h1-5,13,15,17H,6-12H2. The minimum Gasteiger partial charge on any atom is -0.370 e. The van der Waals surface area contributed by atoms with E-state index in [2.05, 4.69) is 17.4 Å². The van der Waals surface area contributed by atoms with Gasteiger partial charge in [0.2, 0.25) is 5.91 Å². The van der Waals surface area contributed by atoms with E-state index in [1.54, 1.807) is 0 Å². The van der Waals surface area contributed by atoms with Crippen LogP contribution in [0.5, 0.6) is 0 Å². The second-order valence-corrected chi connectivity index (χ2v) is 5.67. The number of hydrogen-bond donors (Lipinski definition) is 1. The Morgan fingerprint density at radius 3 is 2.95 bits per heavy atom. The number of rotatable bonds is 3. The van der Waals surface area contributed by atoms with Gasteiger partial charge in [0.15, 0.2) is 0 Å². The van der Waals surface area contributed by atoms with Crippen LogP contribution in [0.1, 0.15) is 24.5 Å². The molecule has 2 aliphatic rings. The van der Waals surface area contributed by atoms with E-state index in [9.17, 15) is 4.79 Å². The number of amides is 1.